The highest BCUT2D eigenvalue weighted by atomic mass is 32.2. The molecule has 40 heavy (non-hydrogen) atoms. The number of rotatable bonds is 6. The molecule has 7 nitrogen and oxygen atoms in total. The maximum Gasteiger partial charge on any atom is 0.338 e. The average molecular weight is 573 g/mol. The number of hydrogen-bond donors (Lipinski definition) is 1. The summed E-state index contributed by atoms with van der Waals surface area (Å²) in [6.07, 6.45) is 1.71. The van der Waals surface area contributed by atoms with Crippen LogP contribution in [-0.4, -0.2) is 25.6 Å². The Balaban J connectivity index is 1.92. The summed E-state index contributed by atoms with van der Waals surface area (Å²) in [5, 5.41) is 0. The SMILES string of the molecule is CCOC(=O)C1=c2sc(=Cc3ccc(C)cc3)c(=O)n2C(N)=C(S(=O)(=O)c2ccccc2)[C@@H]1c1ccc(C)cc1. The lowest BCUT2D eigenvalue weighted by molar-refractivity contribution is -0.136. The van der Waals surface area contributed by atoms with Gasteiger partial charge in [0.25, 0.3) is 5.56 Å². The maximum atomic E-state index is 14.2. The summed E-state index contributed by atoms with van der Waals surface area (Å²) in [5.41, 5.74) is 9.53. The molecule has 0 bridgehead atoms. The number of ether oxygens (including phenoxy) is 1. The molecule has 1 aromatic heterocycles. The summed E-state index contributed by atoms with van der Waals surface area (Å²) in [7, 11) is -4.25. The van der Waals surface area contributed by atoms with E-state index in [4.69, 9.17) is 10.5 Å². The fourth-order valence-corrected chi connectivity index (χ4v) is 7.58. The molecular weight excluding hydrogens is 544 g/mol. The molecule has 3 aromatic carbocycles. The number of sulfone groups is 1. The fraction of sp³-hybridized carbons (Fsp3) is 0.161. The van der Waals surface area contributed by atoms with E-state index in [0.717, 1.165) is 32.6 Å². The van der Waals surface area contributed by atoms with Crippen molar-refractivity contribution in [3.63, 3.8) is 0 Å². The largest absolute Gasteiger partial charge is 0.463 e. The van der Waals surface area contributed by atoms with Gasteiger partial charge in [-0.2, -0.15) is 0 Å². The van der Waals surface area contributed by atoms with Crippen LogP contribution in [0.5, 0.6) is 0 Å². The Kier molecular flexibility index (Phi) is 7.35. The van der Waals surface area contributed by atoms with Crippen LogP contribution in [0.25, 0.3) is 17.5 Å². The number of carbonyl (C=O) groups excluding carboxylic acids is 1. The maximum absolute atomic E-state index is 14.2. The van der Waals surface area contributed by atoms with E-state index in [2.05, 4.69) is 0 Å². The zero-order chi connectivity index (χ0) is 28.6. The van der Waals surface area contributed by atoms with Crippen molar-refractivity contribution in [2.45, 2.75) is 31.6 Å². The van der Waals surface area contributed by atoms with Gasteiger partial charge in [0, 0.05) is 0 Å². The quantitative estimate of drug-likeness (QED) is 0.355. The first-order valence-corrected chi connectivity index (χ1v) is 15.0. The Morgan fingerprint density at radius 2 is 1.57 bits per heavy atom. The number of thiazole rings is 1. The summed E-state index contributed by atoms with van der Waals surface area (Å²) in [5.74, 6) is -2.03. The molecule has 0 fully saturated rings. The van der Waals surface area contributed by atoms with E-state index in [1.807, 2.05) is 50.2 Å². The molecular formula is C31H28N2O5S2. The molecule has 1 atom stereocenters. The molecule has 0 spiro atoms. The van der Waals surface area contributed by atoms with Crippen molar-refractivity contribution in [2.24, 2.45) is 5.73 Å². The second-order valence-electron chi connectivity index (χ2n) is 9.51. The molecule has 5 rings (SSSR count). The fourth-order valence-electron chi connectivity index (χ4n) is 4.72. The number of nitrogens with zero attached hydrogens (tertiary/aromatic N) is 1. The molecule has 1 aliphatic rings. The van der Waals surface area contributed by atoms with Crippen LogP contribution in [0.2, 0.25) is 0 Å². The van der Waals surface area contributed by atoms with Crippen molar-refractivity contribution < 1.29 is 17.9 Å². The number of aromatic nitrogens is 1. The van der Waals surface area contributed by atoms with Crippen LogP contribution >= 0.6 is 11.3 Å². The van der Waals surface area contributed by atoms with Crippen LogP contribution in [0.3, 0.4) is 0 Å². The minimum atomic E-state index is -4.25. The third-order valence-corrected chi connectivity index (χ3v) is 9.75. The van der Waals surface area contributed by atoms with Crippen molar-refractivity contribution in [1.29, 1.82) is 0 Å². The zero-order valence-corrected chi connectivity index (χ0v) is 23.9. The Morgan fingerprint density at radius 3 is 2.17 bits per heavy atom. The van der Waals surface area contributed by atoms with Crippen molar-refractivity contribution in [3.05, 3.63) is 126 Å². The smallest absolute Gasteiger partial charge is 0.338 e. The zero-order valence-electron chi connectivity index (χ0n) is 22.2. The molecule has 0 saturated carbocycles. The monoisotopic (exact) mass is 572 g/mol. The standard InChI is InChI=1S/C31H28N2O5S2/c1-4-38-31(35)26-25(22-16-12-20(3)13-17-22)27(40(36,37)23-8-6-5-7-9-23)28(32)33-29(34)24(39-30(26)33)18-21-14-10-19(2)11-15-21/h5-18,25H,4,32H2,1-3H3/t25-/m1/s1. The Labute approximate surface area is 236 Å². The van der Waals surface area contributed by atoms with Crippen molar-refractivity contribution in [3.8, 4) is 0 Å². The second kappa shape index (κ2) is 10.7. The van der Waals surface area contributed by atoms with Gasteiger partial charge in [-0.25, -0.2) is 13.2 Å². The third kappa shape index (κ3) is 4.82. The van der Waals surface area contributed by atoms with Gasteiger partial charge in [-0.05, 0) is 50.1 Å². The predicted octanol–water partition coefficient (Wildman–Crippen LogP) is 3.43. The van der Waals surface area contributed by atoms with Gasteiger partial charge in [-0.15, -0.1) is 11.3 Å². The molecule has 0 radical (unpaired) electrons. The van der Waals surface area contributed by atoms with Crippen molar-refractivity contribution in [1.82, 2.24) is 4.57 Å². The minimum Gasteiger partial charge on any atom is -0.463 e. The molecule has 1 aliphatic heterocycles. The van der Waals surface area contributed by atoms with Gasteiger partial charge in [0.2, 0.25) is 9.84 Å². The molecule has 0 aliphatic carbocycles. The highest BCUT2D eigenvalue weighted by Gasteiger charge is 2.42. The van der Waals surface area contributed by atoms with Gasteiger partial charge in [0.05, 0.1) is 27.5 Å². The number of nitrogens with two attached hydrogens (primary N) is 1. The normalized spacial score (nSPS) is 15.7. The number of fused-ring (bicyclic) bond motifs is 1. The summed E-state index contributed by atoms with van der Waals surface area (Å²) in [6, 6.07) is 22.7. The van der Waals surface area contributed by atoms with Gasteiger partial charge >= 0.3 is 5.97 Å². The van der Waals surface area contributed by atoms with Crippen molar-refractivity contribution >= 4 is 44.6 Å². The van der Waals surface area contributed by atoms with Gasteiger partial charge in [-0.1, -0.05) is 77.9 Å². The van der Waals surface area contributed by atoms with Crippen LogP contribution in [-0.2, 0) is 19.4 Å². The Morgan fingerprint density at radius 1 is 0.975 bits per heavy atom. The predicted molar refractivity (Wildman–Crippen MR) is 158 cm³/mol. The van der Waals surface area contributed by atoms with Gasteiger partial charge in [-0.3, -0.25) is 9.36 Å². The third-order valence-electron chi connectivity index (χ3n) is 6.72. The van der Waals surface area contributed by atoms with E-state index >= 15 is 0 Å². The van der Waals surface area contributed by atoms with E-state index in [9.17, 15) is 18.0 Å². The molecule has 4 aromatic rings. The summed E-state index contributed by atoms with van der Waals surface area (Å²) in [4.78, 5) is 27.2. The lowest BCUT2D eigenvalue weighted by Gasteiger charge is -2.28. The van der Waals surface area contributed by atoms with E-state index in [1.54, 1.807) is 43.3 Å². The first kappa shape index (κ1) is 27.4. The number of carbonyl (C=O) groups is 1. The Hall–Kier alpha value is -4.21. The van der Waals surface area contributed by atoms with Gasteiger partial charge < -0.3 is 10.5 Å². The van der Waals surface area contributed by atoms with Gasteiger partial charge in [0.15, 0.2) is 0 Å². The van der Waals surface area contributed by atoms with Crippen LogP contribution < -0.4 is 20.5 Å². The number of allylic oxidation sites excluding steroid dienone is 1. The van der Waals surface area contributed by atoms with E-state index < -0.39 is 27.3 Å². The Bertz CT molecular complexity index is 1920. The average Bonchev–Trinajstić information content (AvgIpc) is 3.26. The molecule has 2 heterocycles. The second-order valence-corrected chi connectivity index (χ2v) is 12.5. The molecule has 0 unspecified atom stereocenters. The number of esters is 1. The van der Waals surface area contributed by atoms with E-state index in [0.29, 0.717) is 10.1 Å². The molecule has 2 N–H and O–H groups in total. The van der Waals surface area contributed by atoms with Crippen molar-refractivity contribution in [2.75, 3.05) is 6.61 Å². The lowest BCUT2D eigenvalue weighted by Crippen LogP contribution is -2.41. The molecule has 0 saturated heterocycles. The summed E-state index contributed by atoms with van der Waals surface area (Å²) in [6.45, 7) is 5.62. The number of benzene rings is 3. The van der Waals surface area contributed by atoms with E-state index in [1.165, 1.54) is 12.1 Å². The van der Waals surface area contributed by atoms with Crippen LogP contribution in [0.1, 0.15) is 35.1 Å². The molecule has 9 heteroatoms. The summed E-state index contributed by atoms with van der Waals surface area (Å²) >= 11 is 1.09. The highest BCUT2D eigenvalue weighted by molar-refractivity contribution is 7.95. The topological polar surface area (TPSA) is 108 Å². The minimum absolute atomic E-state index is 0.00596. The van der Waals surface area contributed by atoms with E-state index in [-0.39, 0.29) is 32.5 Å². The van der Waals surface area contributed by atoms with Crippen LogP contribution in [0.4, 0.5) is 0 Å². The number of aryl methyl sites for hydroxylation is 2. The van der Waals surface area contributed by atoms with Crippen LogP contribution in [0.15, 0.2) is 93.5 Å². The lowest BCUT2D eigenvalue weighted by atomic mass is 9.89. The highest BCUT2D eigenvalue weighted by Crippen LogP contribution is 2.42. The number of hydrogen-bond acceptors (Lipinski definition) is 7. The summed E-state index contributed by atoms with van der Waals surface area (Å²) < 4.78 is 35.5. The molecule has 204 valence electrons. The van der Waals surface area contributed by atoms with Crippen LogP contribution in [0, 0.1) is 13.8 Å². The molecule has 0 amide bonds. The first-order chi connectivity index (χ1) is 19.1. The van der Waals surface area contributed by atoms with Gasteiger partial charge in [0.1, 0.15) is 15.4 Å². The first-order valence-electron chi connectivity index (χ1n) is 12.7.